The third-order valence-corrected chi connectivity index (χ3v) is 36.4. The van der Waals surface area contributed by atoms with Gasteiger partial charge in [-0.2, -0.15) is 0 Å². The van der Waals surface area contributed by atoms with Crippen LogP contribution in [0, 0.1) is 198 Å². The molecule has 746 valence electrons. The fraction of sp³-hybridized carbons (Fsp3) is 0.921. The minimum absolute atomic E-state index is 0.655. The lowest BCUT2D eigenvalue weighted by Crippen LogP contribution is -2.34. The Bertz CT molecular complexity index is 2670. The van der Waals surface area contributed by atoms with E-state index in [1.165, 1.54) is 276 Å². The quantitative estimate of drug-likeness (QED) is 0.0948. The summed E-state index contributed by atoms with van der Waals surface area (Å²) in [6.45, 7) is 98.3. The molecule has 13 fully saturated rings. The third-order valence-electron chi connectivity index (χ3n) is 36.4. The molecule has 0 bridgehead atoms. The van der Waals surface area contributed by atoms with E-state index in [2.05, 4.69) is 326 Å². The Hall–Kier alpha value is -1.30. The zero-order chi connectivity index (χ0) is 96.1. The van der Waals surface area contributed by atoms with Crippen LogP contribution >= 0.6 is 0 Å². The molecule has 4 unspecified atom stereocenters. The minimum Gasteiger partial charge on any atom is -0.103 e. The van der Waals surface area contributed by atoms with Gasteiger partial charge < -0.3 is 0 Å². The van der Waals surface area contributed by atoms with E-state index < -0.39 is 0 Å². The molecule has 0 aromatic rings. The predicted molar refractivity (Wildman–Crippen MR) is 579 cm³/mol. The fourth-order valence-electron chi connectivity index (χ4n) is 21.1. The van der Waals surface area contributed by atoms with Crippen molar-refractivity contribution in [2.45, 2.75) is 546 Å². The Kier molecular flexibility index (Phi) is 61.5. The molecule has 0 spiro atoms. The summed E-state index contributed by atoms with van der Waals surface area (Å²) >= 11 is 0. The van der Waals surface area contributed by atoms with Gasteiger partial charge in [0, 0.05) is 0 Å². The summed E-state index contributed by atoms with van der Waals surface area (Å²) in [5.74, 6) is 26.9. The van der Waals surface area contributed by atoms with Gasteiger partial charge in [-0.1, -0.05) is 440 Å². The van der Waals surface area contributed by atoms with Crippen molar-refractivity contribution in [2.75, 3.05) is 0 Å². The van der Waals surface area contributed by atoms with E-state index in [4.69, 9.17) is 0 Å². The lowest BCUT2D eigenvalue weighted by atomic mass is 9.60. The highest BCUT2D eigenvalue weighted by atomic mass is 14.5. The Morgan fingerprint density at radius 1 is 0.349 bits per heavy atom. The summed E-state index contributed by atoms with van der Waals surface area (Å²) in [6, 6.07) is 0. The summed E-state index contributed by atoms with van der Waals surface area (Å²) in [5, 5.41) is 0. The number of allylic oxidation sites excluding steroid dienone is 8. The van der Waals surface area contributed by atoms with Crippen molar-refractivity contribution in [3.8, 4) is 0 Å². The summed E-state index contributed by atoms with van der Waals surface area (Å²) in [5.41, 5.74) is 5.88. The Morgan fingerprint density at radius 2 is 0.722 bits per heavy atom. The van der Waals surface area contributed by atoms with E-state index in [0.717, 1.165) is 177 Å². The smallest absolute Gasteiger partial charge is 0.0207 e. The number of hydrogen-bond donors (Lipinski definition) is 0. The molecule has 0 radical (unpaired) electrons. The van der Waals surface area contributed by atoms with Crippen LogP contribution < -0.4 is 0 Å². The van der Waals surface area contributed by atoms with Crippen molar-refractivity contribution in [2.24, 2.45) is 198 Å². The van der Waals surface area contributed by atoms with Crippen LogP contribution in [0.5, 0.6) is 0 Å². The van der Waals surface area contributed by atoms with E-state index in [0.29, 0.717) is 21.7 Å². The molecule has 0 aliphatic heterocycles. The van der Waals surface area contributed by atoms with Gasteiger partial charge in [-0.15, -0.1) is 13.2 Å². The van der Waals surface area contributed by atoms with Gasteiger partial charge in [-0.3, -0.25) is 0 Å². The lowest BCUT2D eigenvalue weighted by Gasteiger charge is -2.45. The van der Waals surface area contributed by atoms with Gasteiger partial charge in [0.2, 0.25) is 0 Å². The maximum absolute atomic E-state index is 3.81. The first-order chi connectivity index (χ1) is 58.8. The van der Waals surface area contributed by atoms with Gasteiger partial charge in [-0.25, -0.2) is 0 Å². The van der Waals surface area contributed by atoms with Gasteiger partial charge >= 0.3 is 0 Å². The van der Waals surface area contributed by atoms with Crippen LogP contribution in [0.15, 0.2) is 61.3 Å². The molecule has 6 atom stereocenters. The molecular formula is C126H242. The van der Waals surface area contributed by atoms with E-state index in [-0.39, 0.29) is 0 Å². The van der Waals surface area contributed by atoms with E-state index in [1.807, 2.05) is 0 Å². The van der Waals surface area contributed by atoms with Crippen molar-refractivity contribution >= 4 is 0 Å². The maximum atomic E-state index is 3.81. The second kappa shape index (κ2) is 63.2. The van der Waals surface area contributed by atoms with Crippen LogP contribution in [0.25, 0.3) is 0 Å². The molecule has 0 aromatic carbocycles. The zero-order valence-electron chi connectivity index (χ0n) is 94.5. The van der Waals surface area contributed by atoms with Crippen LogP contribution in [0.1, 0.15) is 546 Å². The topological polar surface area (TPSA) is 0 Å². The second-order valence-electron chi connectivity index (χ2n) is 52.9. The average molecular weight is 1760 g/mol. The summed E-state index contributed by atoms with van der Waals surface area (Å²) in [7, 11) is 0. The van der Waals surface area contributed by atoms with E-state index in [1.54, 1.807) is 5.57 Å². The Labute approximate surface area is 800 Å². The highest BCUT2D eigenvalue weighted by Gasteiger charge is 2.49. The Balaban J connectivity index is 0.000000673. The largest absolute Gasteiger partial charge is 0.103 e. The van der Waals surface area contributed by atoms with Crippen molar-refractivity contribution in [3.63, 3.8) is 0 Å². The molecule has 0 aromatic heterocycles. The van der Waals surface area contributed by atoms with Crippen molar-refractivity contribution in [1.82, 2.24) is 0 Å². The second-order valence-corrected chi connectivity index (χ2v) is 52.9. The van der Waals surface area contributed by atoms with Gasteiger partial charge in [-0.05, 0) is 352 Å². The fourth-order valence-corrected chi connectivity index (χ4v) is 21.1. The summed E-state index contributed by atoms with van der Waals surface area (Å²) < 4.78 is 0. The van der Waals surface area contributed by atoms with Crippen LogP contribution in [0.3, 0.4) is 0 Å². The summed E-state index contributed by atoms with van der Waals surface area (Å²) in [4.78, 5) is 0. The van der Waals surface area contributed by atoms with Crippen molar-refractivity contribution in [3.05, 3.63) is 61.3 Å². The SMILES string of the molecule is C=CCC1(C(C)C)CC1.C=CCC1(C(C)C)CCC1.CC(C)C1(C)CC1.CC(C)C1(C)CCC1.CC(C)C1=CCCC1.CC(C)C1C=CCC1.CC(C)C1CC1.CC(C)C1CC1(C)C.CC(C)C1CC1C.CC(C)C1CC=CC1.CC(C)C1CCC1.CC(C)C1CCCC1.CC(C)C1CCCCC1.CC(C)CC1CC1.CC(C)CC1CCC1.CC(C)[C@@]1(C)C[C@@H]1C. The summed E-state index contributed by atoms with van der Waals surface area (Å²) in [6.07, 6.45) is 77.9. The predicted octanol–water partition coefficient (Wildman–Crippen LogP) is 43.1. The molecule has 0 N–H and O–H groups in total. The first-order valence-electron chi connectivity index (χ1n) is 57.0. The monoisotopic (exact) mass is 1760 g/mol. The van der Waals surface area contributed by atoms with E-state index in [9.17, 15) is 0 Å². The van der Waals surface area contributed by atoms with E-state index >= 15 is 0 Å². The van der Waals surface area contributed by atoms with Crippen LogP contribution in [-0.4, -0.2) is 0 Å². The van der Waals surface area contributed by atoms with Gasteiger partial charge in [0.1, 0.15) is 0 Å². The molecule has 16 aliphatic rings. The molecule has 0 nitrogen and oxygen atoms in total. The Morgan fingerprint density at radius 3 is 0.825 bits per heavy atom. The first-order valence-corrected chi connectivity index (χ1v) is 57.0. The molecular weight excluding hydrogens is 1510 g/mol. The number of hydrogen-bond acceptors (Lipinski definition) is 0. The van der Waals surface area contributed by atoms with Crippen molar-refractivity contribution in [1.29, 1.82) is 0 Å². The first kappa shape index (κ1) is 123. The lowest BCUT2D eigenvalue weighted by molar-refractivity contribution is 0.0725. The normalized spacial score (nSPS) is 25.9. The molecule has 0 heteroatoms. The third kappa shape index (κ3) is 53.3. The molecule has 16 rings (SSSR count). The highest BCUT2D eigenvalue weighted by Crippen LogP contribution is 2.58. The standard InChI is InChI=1S/C10H18.C9H18.C9H16.5C8H16.3C8H14.4C7H14.C6H12/c1-4-6-10(9(2)3)7-5-8-10;1-8(2)9-6-4-3-5-7-9;1-4-5-9(6-7-9)8(2)3;1-6(2)7-5-8(7,3)4;1-6(2)8(4)5-7(8)3;1-7(2)8(3)5-4-6-8;1-7(2)6-8-4-3-5-8;4*1-7(2)8-5-3-4-6-8;1-6(2)7(3)4-5-7;1-5(2)7-4-6(7)3;1-6(2)5-7-3-4-7;1-6(2)7-4-3-5-7;1-5(2)6-3-4-6/h4,9H,1,5-8H2,2-3H3;8-9H,3-7H2,1-2H3;4,8H,1,5-7H2,2-3H3;2*6-7H,5H2,1-4H3;7H,4-6H2,1-3H3;2*7-8H,3-6H2,1-2H3;5,7H,3-4,6H2,1-2H3;3,5,7-8H,4,6H2,1-2H3;3-4,7-8H,5-6H2,1-2H3;6H,4-5H2,1-3H3;5-7H,4H2,1-3H3;2*6-7H,3-5H2,1-2H3;5-6H,3-4H2,1-2H3/t;;;;7-,8+;;;;;;;;;;;/m....0.........../s1. The minimum atomic E-state index is 0.655. The number of rotatable bonds is 22. The van der Waals surface area contributed by atoms with Crippen LogP contribution in [0.2, 0.25) is 0 Å². The van der Waals surface area contributed by atoms with Gasteiger partial charge in [0.25, 0.3) is 0 Å². The van der Waals surface area contributed by atoms with Gasteiger partial charge in [0.15, 0.2) is 0 Å². The van der Waals surface area contributed by atoms with Gasteiger partial charge in [0.05, 0.1) is 0 Å². The van der Waals surface area contributed by atoms with Crippen molar-refractivity contribution < 1.29 is 0 Å². The molecule has 13 saturated carbocycles. The molecule has 16 aliphatic carbocycles. The van der Waals surface area contributed by atoms with Crippen LogP contribution in [0.4, 0.5) is 0 Å². The van der Waals surface area contributed by atoms with Crippen LogP contribution in [-0.2, 0) is 0 Å². The molecule has 126 heavy (non-hydrogen) atoms. The molecule has 0 saturated heterocycles. The molecule has 0 amide bonds. The molecule has 0 heterocycles. The average Bonchev–Trinajstić information content (AvgIpc) is 1.60. The highest BCUT2D eigenvalue weighted by molar-refractivity contribution is 5.09. The zero-order valence-corrected chi connectivity index (χ0v) is 94.5. The maximum Gasteiger partial charge on any atom is -0.0207 e.